The second kappa shape index (κ2) is 5.72. The molecule has 3 heteroatoms. The Balaban J connectivity index is 1.73. The third-order valence-corrected chi connectivity index (χ3v) is 2.90. The van der Waals surface area contributed by atoms with Crippen molar-refractivity contribution >= 4 is 0 Å². The van der Waals surface area contributed by atoms with Gasteiger partial charge in [0.2, 0.25) is 0 Å². The minimum Gasteiger partial charge on any atom is -0.492 e. The van der Waals surface area contributed by atoms with Gasteiger partial charge in [0.1, 0.15) is 12.4 Å². The molecule has 0 unspecified atom stereocenters. The highest BCUT2D eigenvalue weighted by molar-refractivity contribution is 5.20. The van der Waals surface area contributed by atoms with Gasteiger partial charge in [-0.1, -0.05) is 18.2 Å². The van der Waals surface area contributed by atoms with Crippen molar-refractivity contribution in [3.63, 3.8) is 0 Å². The molecule has 1 aliphatic heterocycles. The van der Waals surface area contributed by atoms with E-state index in [1.54, 1.807) is 0 Å². The van der Waals surface area contributed by atoms with Crippen LogP contribution in [0.25, 0.3) is 0 Å². The average Bonchev–Trinajstić information content (AvgIpc) is 2.73. The zero-order valence-electron chi connectivity index (χ0n) is 11.5. The number of hydrogen-bond donors (Lipinski definition) is 1. The van der Waals surface area contributed by atoms with Crippen molar-refractivity contribution in [2.75, 3.05) is 13.2 Å². The second-order valence-electron chi connectivity index (χ2n) is 5.82. The van der Waals surface area contributed by atoms with E-state index in [4.69, 9.17) is 9.47 Å². The van der Waals surface area contributed by atoms with Crippen molar-refractivity contribution in [3.05, 3.63) is 30.3 Å². The van der Waals surface area contributed by atoms with Crippen LogP contribution in [0, 0.1) is 0 Å². The van der Waals surface area contributed by atoms with E-state index in [9.17, 15) is 0 Å². The molecule has 1 saturated heterocycles. The molecule has 1 N–H and O–H groups in total. The van der Waals surface area contributed by atoms with Gasteiger partial charge in [0, 0.05) is 12.6 Å². The summed E-state index contributed by atoms with van der Waals surface area (Å²) in [5.74, 6) is 0.930. The van der Waals surface area contributed by atoms with Crippen LogP contribution in [0.15, 0.2) is 30.3 Å². The lowest BCUT2D eigenvalue weighted by Gasteiger charge is -2.24. The minimum absolute atomic E-state index is 0.0679. The summed E-state index contributed by atoms with van der Waals surface area (Å²) in [7, 11) is 0. The van der Waals surface area contributed by atoms with Crippen LogP contribution in [0.2, 0.25) is 0 Å². The van der Waals surface area contributed by atoms with E-state index in [0.717, 1.165) is 18.7 Å². The van der Waals surface area contributed by atoms with E-state index < -0.39 is 0 Å². The smallest absolute Gasteiger partial charge is 0.119 e. The number of hydrogen-bond acceptors (Lipinski definition) is 3. The largest absolute Gasteiger partial charge is 0.492 e. The van der Waals surface area contributed by atoms with Crippen LogP contribution in [-0.2, 0) is 4.74 Å². The summed E-state index contributed by atoms with van der Waals surface area (Å²) < 4.78 is 11.7. The molecule has 0 aliphatic carbocycles. The van der Waals surface area contributed by atoms with Crippen LogP contribution in [0.5, 0.6) is 5.75 Å². The Bertz CT molecular complexity index is 359. The first-order chi connectivity index (χ1) is 8.53. The third kappa shape index (κ3) is 4.31. The lowest BCUT2D eigenvalue weighted by Crippen LogP contribution is -2.29. The van der Waals surface area contributed by atoms with E-state index >= 15 is 0 Å². The lowest BCUT2D eigenvalue weighted by atomic mass is 10.1. The zero-order chi connectivity index (χ0) is 13.0. The van der Waals surface area contributed by atoms with E-state index in [2.05, 4.69) is 26.1 Å². The quantitative estimate of drug-likeness (QED) is 0.889. The van der Waals surface area contributed by atoms with Crippen LogP contribution >= 0.6 is 0 Å². The predicted molar refractivity (Wildman–Crippen MR) is 73.0 cm³/mol. The first-order valence-electron chi connectivity index (χ1n) is 6.62. The van der Waals surface area contributed by atoms with Gasteiger partial charge in [-0.15, -0.1) is 0 Å². The second-order valence-corrected chi connectivity index (χ2v) is 5.82. The summed E-state index contributed by atoms with van der Waals surface area (Å²) in [6.45, 7) is 7.91. The lowest BCUT2D eigenvalue weighted by molar-refractivity contribution is -0.0513. The molecule has 1 aromatic rings. The van der Waals surface area contributed by atoms with Crippen LogP contribution in [-0.4, -0.2) is 30.9 Å². The molecular weight excluding hydrogens is 226 g/mol. The van der Waals surface area contributed by atoms with E-state index in [-0.39, 0.29) is 5.60 Å². The molecule has 0 radical (unpaired) electrons. The summed E-state index contributed by atoms with van der Waals surface area (Å²) in [4.78, 5) is 0. The minimum atomic E-state index is -0.0679. The standard InChI is InChI=1S/C15H23NO2/c1-15(2,3)18-14-9-12(16-10-14)11-17-13-7-5-4-6-8-13/h4-8,12,14,16H,9-11H2,1-3H3/t12-,14+/m0/s1. The van der Waals surface area contributed by atoms with Crippen LogP contribution in [0.1, 0.15) is 27.2 Å². The van der Waals surface area contributed by atoms with Crippen LogP contribution < -0.4 is 10.1 Å². The van der Waals surface area contributed by atoms with Crippen molar-refractivity contribution in [3.8, 4) is 5.75 Å². The summed E-state index contributed by atoms with van der Waals surface area (Å²) in [5, 5.41) is 3.45. The summed E-state index contributed by atoms with van der Waals surface area (Å²) in [6.07, 6.45) is 1.32. The SMILES string of the molecule is CC(C)(C)O[C@H]1CN[C@H](COc2ccccc2)C1. The maximum atomic E-state index is 5.96. The normalized spacial score (nSPS) is 24.2. The van der Waals surface area contributed by atoms with Crippen molar-refractivity contribution in [2.45, 2.75) is 44.9 Å². The number of nitrogens with one attached hydrogen (secondary N) is 1. The Hall–Kier alpha value is -1.06. The molecule has 0 aromatic heterocycles. The summed E-state index contributed by atoms with van der Waals surface area (Å²) in [5.41, 5.74) is -0.0679. The molecule has 2 atom stereocenters. The van der Waals surface area contributed by atoms with Gasteiger partial charge < -0.3 is 14.8 Å². The monoisotopic (exact) mass is 249 g/mol. The maximum absolute atomic E-state index is 5.96. The van der Waals surface area contributed by atoms with Crippen molar-refractivity contribution in [1.29, 1.82) is 0 Å². The number of rotatable bonds is 4. The van der Waals surface area contributed by atoms with Crippen molar-refractivity contribution in [2.24, 2.45) is 0 Å². The van der Waals surface area contributed by atoms with Gasteiger partial charge in [0.25, 0.3) is 0 Å². The molecule has 0 saturated carbocycles. The van der Waals surface area contributed by atoms with Gasteiger partial charge in [0.15, 0.2) is 0 Å². The fraction of sp³-hybridized carbons (Fsp3) is 0.600. The Morgan fingerprint density at radius 1 is 1.22 bits per heavy atom. The molecule has 1 heterocycles. The molecular formula is C15H23NO2. The van der Waals surface area contributed by atoms with Crippen molar-refractivity contribution < 1.29 is 9.47 Å². The number of para-hydroxylation sites is 1. The van der Waals surface area contributed by atoms with Crippen LogP contribution in [0.3, 0.4) is 0 Å². The van der Waals surface area contributed by atoms with Gasteiger partial charge in [0.05, 0.1) is 11.7 Å². The van der Waals surface area contributed by atoms with Gasteiger partial charge in [-0.05, 0) is 39.3 Å². The van der Waals surface area contributed by atoms with E-state index in [1.165, 1.54) is 0 Å². The van der Waals surface area contributed by atoms with Crippen molar-refractivity contribution in [1.82, 2.24) is 5.32 Å². The fourth-order valence-corrected chi connectivity index (χ4v) is 2.21. The van der Waals surface area contributed by atoms with Gasteiger partial charge in [-0.2, -0.15) is 0 Å². The van der Waals surface area contributed by atoms with E-state index in [0.29, 0.717) is 18.8 Å². The Labute approximate surface area is 109 Å². The molecule has 0 bridgehead atoms. The highest BCUT2D eigenvalue weighted by Crippen LogP contribution is 2.19. The summed E-state index contributed by atoms with van der Waals surface area (Å²) >= 11 is 0. The highest BCUT2D eigenvalue weighted by atomic mass is 16.5. The Kier molecular flexibility index (Phi) is 4.25. The third-order valence-electron chi connectivity index (χ3n) is 2.90. The number of benzene rings is 1. The van der Waals surface area contributed by atoms with Gasteiger partial charge >= 0.3 is 0 Å². The fourth-order valence-electron chi connectivity index (χ4n) is 2.21. The molecule has 1 aromatic carbocycles. The zero-order valence-corrected chi connectivity index (χ0v) is 11.5. The molecule has 1 aliphatic rings. The maximum Gasteiger partial charge on any atom is 0.119 e. The molecule has 3 nitrogen and oxygen atoms in total. The first kappa shape index (κ1) is 13.4. The van der Waals surface area contributed by atoms with Gasteiger partial charge in [-0.3, -0.25) is 0 Å². The Morgan fingerprint density at radius 3 is 2.61 bits per heavy atom. The van der Waals surface area contributed by atoms with E-state index in [1.807, 2.05) is 30.3 Å². The highest BCUT2D eigenvalue weighted by Gasteiger charge is 2.28. The number of ether oxygens (including phenoxy) is 2. The van der Waals surface area contributed by atoms with Crippen LogP contribution in [0.4, 0.5) is 0 Å². The molecule has 2 rings (SSSR count). The first-order valence-corrected chi connectivity index (χ1v) is 6.62. The molecule has 18 heavy (non-hydrogen) atoms. The molecule has 0 amide bonds. The summed E-state index contributed by atoms with van der Waals surface area (Å²) in [6, 6.07) is 10.3. The molecule has 1 fully saturated rings. The molecule has 0 spiro atoms. The Morgan fingerprint density at radius 2 is 1.94 bits per heavy atom. The topological polar surface area (TPSA) is 30.5 Å². The average molecular weight is 249 g/mol. The predicted octanol–water partition coefficient (Wildman–Crippen LogP) is 2.61. The van der Waals surface area contributed by atoms with Gasteiger partial charge in [-0.25, -0.2) is 0 Å². The molecule has 100 valence electrons.